The zero-order valence-electron chi connectivity index (χ0n) is 10.4. The normalized spacial score (nSPS) is 24.9. The molecule has 1 aromatic rings. The predicted octanol–water partition coefficient (Wildman–Crippen LogP) is -0.000100. The van der Waals surface area contributed by atoms with Gasteiger partial charge in [0.05, 0.1) is 12.2 Å². The van der Waals surface area contributed by atoms with Crippen LogP contribution in [0.2, 0.25) is 0 Å². The third-order valence-electron chi connectivity index (χ3n) is 3.39. The van der Waals surface area contributed by atoms with Crippen molar-refractivity contribution in [1.82, 2.24) is 25.2 Å². The van der Waals surface area contributed by atoms with E-state index in [0.29, 0.717) is 17.0 Å². The van der Waals surface area contributed by atoms with Crippen molar-refractivity contribution in [2.75, 3.05) is 31.9 Å². The standard InChI is InChI=1S/C11H17N5OS/c1-8-6-15(2-3-18-8)11(17)10-7-16(14-13-10)9-4-12-5-9/h7-9,12H,2-6H2,1H3. The van der Waals surface area contributed by atoms with Gasteiger partial charge in [0.2, 0.25) is 0 Å². The van der Waals surface area contributed by atoms with Crippen molar-refractivity contribution in [3.63, 3.8) is 0 Å². The Bertz CT molecular complexity index is 444. The van der Waals surface area contributed by atoms with E-state index in [4.69, 9.17) is 0 Å². The molecule has 1 amide bonds. The van der Waals surface area contributed by atoms with Crippen LogP contribution in [-0.4, -0.2) is 63.0 Å². The molecule has 0 spiro atoms. The molecule has 7 heteroatoms. The summed E-state index contributed by atoms with van der Waals surface area (Å²) < 4.78 is 1.80. The zero-order chi connectivity index (χ0) is 12.5. The van der Waals surface area contributed by atoms with Gasteiger partial charge in [-0.25, -0.2) is 4.68 Å². The summed E-state index contributed by atoms with van der Waals surface area (Å²) in [5, 5.41) is 11.7. The second-order valence-corrected chi connectivity index (χ2v) is 6.37. The second kappa shape index (κ2) is 4.89. The van der Waals surface area contributed by atoms with Gasteiger partial charge in [0.25, 0.3) is 5.91 Å². The number of nitrogens with zero attached hydrogens (tertiary/aromatic N) is 4. The lowest BCUT2D eigenvalue weighted by atomic mass is 10.2. The van der Waals surface area contributed by atoms with Crippen LogP contribution in [0, 0.1) is 0 Å². The fourth-order valence-electron chi connectivity index (χ4n) is 2.18. The lowest BCUT2D eigenvalue weighted by molar-refractivity contribution is 0.0757. The molecule has 0 aromatic carbocycles. The number of nitrogens with one attached hydrogen (secondary N) is 1. The molecule has 18 heavy (non-hydrogen) atoms. The summed E-state index contributed by atoms with van der Waals surface area (Å²) in [5.41, 5.74) is 0.473. The summed E-state index contributed by atoms with van der Waals surface area (Å²) in [6.07, 6.45) is 1.78. The maximum absolute atomic E-state index is 12.3. The summed E-state index contributed by atoms with van der Waals surface area (Å²) in [6.45, 7) is 5.59. The maximum atomic E-state index is 12.3. The molecule has 3 heterocycles. The van der Waals surface area contributed by atoms with Crippen LogP contribution >= 0.6 is 11.8 Å². The SMILES string of the molecule is CC1CN(C(=O)c2cn(C3CNC3)nn2)CCS1. The van der Waals surface area contributed by atoms with E-state index in [9.17, 15) is 4.79 Å². The lowest BCUT2D eigenvalue weighted by Crippen LogP contribution is -2.43. The third-order valence-corrected chi connectivity index (χ3v) is 4.53. The molecular formula is C11H17N5OS. The van der Waals surface area contributed by atoms with Gasteiger partial charge < -0.3 is 10.2 Å². The van der Waals surface area contributed by atoms with Crippen molar-refractivity contribution in [2.45, 2.75) is 18.2 Å². The number of carbonyl (C=O) groups is 1. The molecule has 3 rings (SSSR count). The van der Waals surface area contributed by atoms with E-state index < -0.39 is 0 Å². The molecule has 0 bridgehead atoms. The van der Waals surface area contributed by atoms with Crippen molar-refractivity contribution in [1.29, 1.82) is 0 Å². The summed E-state index contributed by atoms with van der Waals surface area (Å²) in [6, 6.07) is 0.356. The molecule has 1 atom stereocenters. The Kier molecular flexibility index (Phi) is 3.25. The first-order valence-electron chi connectivity index (χ1n) is 6.27. The molecule has 98 valence electrons. The Balaban J connectivity index is 1.69. The van der Waals surface area contributed by atoms with Crippen LogP contribution in [0.1, 0.15) is 23.5 Å². The Morgan fingerprint density at radius 3 is 3.06 bits per heavy atom. The van der Waals surface area contributed by atoms with E-state index in [2.05, 4.69) is 22.6 Å². The first-order chi connectivity index (χ1) is 8.74. The average molecular weight is 267 g/mol. The second-order valence-electron chi connectivity index (χ2n) is 4.83. The number of amides is 1. The minimum absolute atomic E-state index is 0.0145. The van der Waals surface area contributed by atoms with E-state index >= 15 is 0 Å². The molecule has 0 radical (unpaired) electrons. The van der Waals surface area contributed by atoms with E-state index in [1.54, 1.807) is 10.9 Å². The molecule has 2 aliphatic heterocycles. The van der Waals surface area contributed by atoms with E-state index in [1.807, 2.05) is 16.7 Å². The highest BCUT2D eigenvalue weighted by molar-refractivity contribution is 7.99. The summed E-state index contributed by atoms with van der Waals surface area (Å²) in [4.78, 5) is 14.2. The smallest absolute Gasteiger partial charge is 0.276 e. The fraction of sp³-hybridized carbons (Fsp3) is 0.727. The highest BCUT2D eigenvalue weighted by Crippen LogP contribution is 2.19. The van der Waals surface area contributed by atoms with Gasteiger partial charge in [-0.05, 0) is 0 Å². The third kappa shape index (κ3) is 2.24. The van der Waals surface area contributed by atoms with Crippen LogP contribution in [-0.2, 0) is 0 Å². The molecule has 2 aliphatic rings. The Hall–Kier alpha value is -1.08. The number of hydrogen-bond acceptors (Lipinski definition) is 5. The number of rotatable bonds is 2. The van der Waals surface area contributed by atoms with Gasteiger partial charge >= 0.3 is 0 Å². The van der Waals surface area contributed by atoms with Gasteiger partial charge in [-0.2, -0.15) is 11.8 Å². The maximum Gasteiger partial charge on any atom is 0.276 e. The molecule has 0 aliphatic carbocycles. The molecule has 1 unspecified atom stereocenters. The monoisotopic (exact) mass is 267 g/mol. The molecule has 6 nitrogen and oxygen atoms in total. The van der Waals surface area contributed by atoms with E-state index in [0.717, 1.165) is 31.9 Å². The predicted molar refractivity (Wildman–Crippen MR) is 69.8 cm³/mol. The topological polar surface area (TPSA) is 63.1 Å². The van der Waals surface area contributed by atoms with Crippen molar-refractivity contribution in [3.8, 4) is 0 Å². The molecule has 2 fully saturated rings. The van der Waals surface area contributed by atoms with Crippen LogP contribution in [0.3, 0.4) is 0 Å². The molecule has 0 saturated carbocycles. The molecular weight excluding hydrogens is 250 g/mol. The zero-order valence-corrected chi connectivity index (χ0v) is 11.2. The van der Waals surface area contributed by atoms with Crippen LogP contribution in [0.15, 0.2) is 6.20 Å². The first-order valence-corrected chi connectivity index (χ1v) is 7.32. The fourth-order valence-corrected chi connectivity index (χ4v) is 3.19. The Morgan fingerprint density at radius 1 is 1.56 bits per heavy atom. The van der Waals surface area contributed by atoms with Gasteiger partial charge in [0.1, 0.15) is 0 Å². The highest BCUT2D eigenvalue weighted by atomic mass is 32.2. The Labute approximate surface area is 110 Å². The van der Waals surface area contributed by atoms with Crippen LogP contribution in [0.4, 0.5) is 0 Å². The average Bonchev–Trinajstić information content (AvgIpc) is 2.75. The Morgan fingerprint density at radius 2 is 2.39 bits per heavy atom. The van der Waals surface area contributed by atoms with Crippen molar-refractivity contribution in [2.24, 2.45) is 0 Å². The number of thioether (sulfide) groups is 1. The van der Waals surface area contributed by atoms with Gasteiger partial charge in [-0.15, -0.1) is 5.10 Å². The highest BCUT2D eigenvalue weighted by Gasteiger charge is 2.26. The van der Waals surface area contributed by atoms with Crippen molar-refractivity contribution in [3.05, 3.63) is 11.9 Å². The number of carbonyl (C=O) groups excluding carboxylic acids is 1. The van der Waals surface area contributed by atoms with E-state index in [-0.39, 0.29) is 5.91 Å². The minimum Gasteiger partial charge on any atom is -0.335 e. The largest absolute Gasteiger partial charge is 0.335 e. The summed E-state index contributed by atoms with van der Waals surface area (Å²) in [5.74, 6) is 1.02. The van der Waals surface area contributed by atoms with Gasteiger partial charge in [0.15, 0.2) is 5.69 Å². The number of hydrogen-bond donors (Lipinski definition) is 1. The lowest BCUT2D eigenvalue weighted by Gasteiger charge is -2.30. The summed E-state index contributed by atoms with van der Waals surface area (Å²) in [7, 11) is 0. The van der Waals surface area contributed by atoms with Crippen molar-refractivity contribution >= 4 is 17.7 Å². The molecule has 2 saturated heterocycles. The van der Waals surface area contributed by atoms with Crippen LogP contribution in [0.25, 0.3) is 0 Å². The van der Waals surface area contributed by atoms with Gasteiger partial charge in [-0.1, -0.05) is 12.1 Å². The molecule has 1 N–H and O–H groups in total. The number of aromatic nitrogens is 3. The quantitative estimate of drug-likeness (QED) is 0.817. The summed E-state index contributed by atoms with van der Waals surface area (Å²) >= 11 is 1.91. The van der Waals surface area contributed by atoms with Crippen molar-refractivity contribution < 1.29 is 4.79 Å². The van der Waals surface area contributed by atoms with Gasteiger partial charge in [0, 0.05) is 37.2 Å². The van der Waals surface area contributed by atoms with E-state index in [1.165, 1.54) is 0 Å². The minimum atomic E-state index is 0.0145. The molecule has 1 aromatic heterocycles. The van der Waals surface area contributed by atoms with Crippen LogP contribution in [0.5, 0.6) is 0 Å². The first kappa shape index (κ1) is 12.0. The van der Waals surface area contributed by atoms with Crippen LogP contribution < -0.4 is 5.32 Å². The van der Waals surface area contributed by atoms with Gasteiger partial charge in [-0.3, -0.25) is 4.79 Å².